The molecule has 0 aliphatic heterocycles. The molecule has 0 saturated carbocycles. The molecule has 0 aliphatic carbocycles. The van der Waals surface area contributed by atoms with Crippen LogP contribution in [0.3, 0.4) is 0 Å². The van der Waals surface area contributed by atoms with Crippen molar-refractivity contribution in [1.82, 2.24) is 0 Å². The molecule has 0 unspecified atom stereocenters. The average Bonchev–Trinajstić information content (AvgIpc) is 2.27. The summed E-state index contributed by atoms with van der Waals surface area (Å²) in [6.45, 7) is 6.11. The van der Waals surface area contributed by atoms with Gasteiger partial charge in [-0.05, 0) is 12.4 Å². The summed E-state index contributed by atoms with van der Waals surface area (Å²) >= 11 is 0. The van der Waals surface area contributed by atoms with Crippen LogP contribution in [-0.2, 0) is 4.65 Å². The van der Waals surface area contributed by atoms with Gasteiger partial charge >= 0.3 is 7.12 Å². The molecule has 0 radical (unpaired) electrons. The molecule has 0 fully saturated rings. The van der Waals surface area contributed by atoms with E-state index < -0.39 is 7.12 Å². The fraction of sp³-hybridized carbons (Fsp3) is 0.500. The number of rotatable bonds is 5. The Morgan fingerprint density at radius 3 is 2.31 bits per heavy atom. The van der Waals surface area contributed by atoms with E-state index in [0.717, 1.165) is 11.0 Å². The maximum atomic E-state index is 9.77. The molecule has 0 amide bonds. The highest BCUT2D eigenvalue weighted by molar-refractivity contribution is 6.59. The van der Waals surface area contributed by atoms with E-state index >= 15 is 0 Å². The van der Waals surface area contributed by atoms with E-state index in [-0.39, 0.29) is 12.0 Å². The van der Waals surface area contributed by atoms with Crippen molar-refractivity contribution in [2.24, 2.45) is 5.41 Å². The molecule has 0 atom stereocenters. The molecule has 88 valence electrons. The number of hydrogen-bond acceptors (Lipinski definition) is 3. The smallest absolute Gasteiger partial charge is 0.423 e. The second-order valence-corrected chi connectivity index (χ2v) is 4.90. The van der Waals surface area contributed by atoms with Gasteiger partial charge in [0, 0.05) is 12.0 Å². The Bertz CT molecular complexity index is 322. The molecule has 0 aromatic heterocycles. The van der Waals surface area contributed by atoms with E-state index in [4.69, 9.17) is 9.76 Å². The molecule has 1 aromatic rings. The van der Waals surface area contributed by atoms with Gasteiger partial charge in [-0.1, -0.05) is 43.7 Å². The number of aryl methyl sites for hydroxylation is 1. The Balaban J connectivity index is 2.53. The molecule has 16 heavy (non-hydrogen) atoms. The summed E-state index contributed by atoms with van der Waals surface area (Å²) in [5, 5.41) is 18.8. The molecule has 2 N–H and O–H groups in total. The molecule has 0 bridgehead atoms. The standard InChI is InChI=1S/C12H19BO3/c1-10-4-6-11(7-5-10)13(15)16-9-12(2,3)8-14/h4-7,14-15H,8-9H2,1-3H3. The van der Waals surface area contributed by atoms with Crippen molar-refractivity contribution in [2.45, 2.75) is 20.8 Å². The summed E-state index contributed by atoms with van der Waals surface area (Å²) in [5.41, 5.74) is 1.55. The summed E-state index contributed by atoms with van der Waals surface area (Å²) in [5.74, 6) is 0. The largest absolute Gasteiger partial charge is 0.491 e. The molecule has 1 rings (SSSR count). The van der Waals surface area contributed by atoms with Gasteiger partial charge in [0.1, 0.15) is 0 Å². The van der Waals surface area contributed by atoms with Gasteiger partial charge in [-0.2, -0.15) is 0 Å². The minimum atomic E-state index is -0.925. The van der Waals surface area contributed by atoms with E-state index in [2.05, 4.69) is 0 Å². The lowest BCUT2D eigenvalue weighted by atomic mass is 9.78. The van der Waals surface area contributed by atoms with E-state index in [9.17, 15) is 5.02 Å². The molecular formula is C12H19BO3. The van der Waals surface area contributed by atoms with Crippen LogP contribution in [-0.4, -0.2) is 30.5 Å². The SMILES string of the molecule is Cc1ccc(B(O)OCC(C)(C)CO)cc1. The predicted octanol–water partition coefficient (Wildman–Crippen LogP) is 0.718. The van der Waals surface area contributed by atoms with E-state index in [1.54, 1.807) is 0 Å². The van der Waals surface area contributed by atoms with Crippen LogP contribution < -0.4 is 5.46 Å². The molecule has 0 saturated heterocycles. The van der Waals surface area contributed by atoms with Gasteiger partial charge in [-0.25, -0.2) is 0 Å². The molecule has 0 spiro atoms. The van der Waals surface area contributed by atoms with Crippen molar-refractivity contribution >= 4 is 12.6 Å². The third-order valence-corrected chi connectivity index (χ3v) is 2.42. The minimum Gasteiger partial charge on any atom is -0.423 e. The monoisotopic (exact) mass is 222 g/mol. The van der Waals surface area contributed by atoms with Crippen molar-refractivity contribution in [1.29, 1.82) is 0 Å². The fourth-order valence-corrected chi connectivity index (χ4v) is 1.18. The first-order valence-corrected chi connectivity index (χ1v) is 5.42. The number of benzene rings is 1. The maximum absolute atomic E-state index is 9.77. The quantitative estimate of drug-likeness (QED) is 0.721. The Hall–Kier alpha value is -0.835. The summed E-state index contributed by atoms with van der Waals surface area (Å²) < 4.78 is 5.32. The van der Waals surface area contributed by atoms with Crippen molar-refractivity contribution in [3.05, 3.63) is 29.8 Å². The normalized spacial score (nSPS) is 11.6. The van der Waals surface area contributed by atoms with Crippen LogP contribution >= 0.6 is 0 Å². The van der Waals surface area contributed by atoms with E-state index in [1.165, 1.54) is 0 Å². The van der Waals surface area contributed by atoms with Gasteiger partial charge in [-0.15, -0.1) is 0 Å². The van der Waals surface area contributed by atoms with Crippen LogP contribution in [0.2, 0.25) is 0 Å². The zero-order valence-corrected chi connectivity index (χ0v) is 10.1. The van der Waals surface area contributed by atoms with Crippen LogP contribution in [0.1, 0.15) is 19.4 Å². The Morgan fingerprint density at radius 1 is 1.25 bits per heavy atom. The molecular weight excluding hydrogens is 203 g/mol. The van der Waals surface area contributed by atoms with Crippen molar-refractivity contribution in [3.8, 4) is 0 Å². The highest BCUT2D eigenvalue weighted by atomic mass is 16.5. The van der Waals surface area contributed by atoms with Crippen LogP contribution in [0.15, 0.2) is 24.3 Å². The van der Waals surface area contributed by atoms with Crippen molar-refractivity contribution in [3.63, 3.8) is 0 Å². The second kappa shape index (κ2) is 5.48. The molecule has 1 aromatic carbocycles. The molecule has 4 heteroatoms. The zero-order chi connectivity index (χ0) is 12.2. The first kappa shape index (κ1) is 13.2. The van der Waals surface area contributed by atoms with Gasteiger partial charge in [0.15, 0.2) is 0 Å². The Kier molecular flexibility index (Phi) is 4.53. The lowest BCUT2D eigenvalue weighted by Gasteiger charge is -2.22. The number of aliphatic hydroxyl groups excluding tert-OH is 1. The van der Waals surface area contributed by atoms with E-state index in [1.807, 2.05) is 45.0 Å². The summed E-state index contributed by atoms with van der Waals surface area (Å²) in [6.07, 6.45) is 0. The predicted molar refractivity (Wildman–Crippen MR) is 65.6 cm³/mol. The van der Waals surface area contributed by atoms with Gasteiger partial charge < -0.3 is 14.8 Å². The topological polar surface area (TPSA) is 49.7 Å². The van der Waals surface area contributed by atoms with Gasteiger partial charge in [0.2, 0.25) is 0 Å². The first-order chi connectivity index (χ1) is 7.44. The van der Waals surface area contributed by atoms with Crippen LogP contribution in [0.5, 0.6) is 0 Å². The van der Waals surface area contributed by atoms with Crippen LogP contribution in [0.25, 0.3) is 0 Å². The molecule has 0 heterocycles. The first-order valence-electron chi connectivity index (χ1n) is 5.42. The lowest BCUT2D eigenvalue weighted by Crippen LogP contribution is -2.37. The third kappa shape index (κ3) is 3.97. The maximum Gasteiger partial charge on any atom is 0.491 e. The van der Waals surface area contributed by atoms with Crippen LogP contribution in [0.4, 0.5) is 0 Å². The van der Waals surface area contributed by atoms with Gasteiger partial charge in [-0.3, -0.25) is 0 Å². The zero-order valence-electron chi connectivity index (χ0n) is 10.1. The lowest BCUT2D eigenvalue weighted by molar-refractivity contribution is 0.0886. The molecule has 0 aliphatic rings. The van der Waals surface area contributed by atoms with Gasteiger partial charge in [0.25, 0.3) is 0 Å². The fourth-order valence-electron chi connectivity index (χ4n) is 1.18. The van der Waals surface area contributed by atoms with Crippen molar-refractivity contribution < 1.29 is 14.8 Å². The average molecular weight is 222 g/mol. The summed E-state index contributed by atoms with van der Waals surface area (Å²) in [4.78, 5) is 0. The molecule has 3 nitrogen and oxygen atoms in total. The van der Waals surface area contributed by atoms with Crippen molar-refractivity contribution in [2.75, 3.05) is 13.2 Å². The summed E-state index contributed by atoms with van der Waals surface area (Å²) in [7, 11) is -0.925. The Morgan fingerprint density at radius 2 is 1.81 bits per heavy atom. The van der Waals surface area contributed by atoms with E-state index in [0.29, 0.717) is 6.61 Å². The Labute approximate surface area is 97.2 Å². The minimum absolute atomic E-state index is 0.0353. The third-order valence-electron chi connectivity index (χ3n) is 2.42. The van der Waals surface area contributed by atoms with Crippen LogP contribution in [0, 0.1) is 12.3 Å². The van der Waals surface area contributed by atoms with Gasteiger partial charge in [0.05, 0.1) is 6.61 Å². The summed E-state index contributed by atoms with van der Waals surface area (Å²) in [6, 6.07) is 7.54. The number of aliphatic hydroxyl groups is 1. The highest BCUT2D eigenvalue weighted by Gasteiger charge is 2.22. The number of hydrogen-bond donors (Lipinski definition) is 2. The second-order valence-electron chi connectivity index (χ2n) is 4.90. The highest BCUT2D eigenvalue weighted by Crippen LogP contribution is 2.13.